The van der Waals surface area contributed by atoms with Crippen molar-refractivity contribution in [3.05, 3.63) is 105 Å². The molecule has 2 aliphatic rings. The molecule has 12 heteroatoms. The van der Waals surface area contributed by atoms with Crippen molar-refractivity contribution in [2.75, 3.05) is 6.54 Å². The number of carboxylic acid groups (broad SMARTS) is 1. The fourth-order valence-electron chi connectivity index (χ4n) is 6.08. The summed E-state index contributed by atoms with van der Waals surface area (Å²) in [6.07, 6.45) is -0.646. The molecule has 1 aliphatic carbocycles. The highest BCUT2D eigenvalue weighted by atomic mass is 35.5. The minimum atomic E-state index is -4.08. The van der Waals surface area contributed by atoms with Crippen molar-refractivity contribution >= 4 is 45.1 Å². The summed E-state index contributed by atoms with van der Waals surface area (Å²) in [6.45, 7) is 3.06. The Balaban J connectivity index is 1.57. The fourth-order valence-corrected chi connectivity index (χ4v) is 8.19. The first-order valence-corrected chi connectivity index (χ1v) is 16.5. The van der Waals surface area contributed by atoms with Crippen LogP contribution in [0.5, 0.6) is 0 Å². The number of carbonyl (C=O) groups excluding carboxylic acids is 1. The molecule has 234 valence electrons. The van der Waals surface area contributed by atoms with Crippen molar-refractivity contribution in [3.63, 3.8) is 0 Å². The largest absolute Gasteiger partial charge is 0.481 e. The van der Waals surface area contributed by atoms with E-state index in [1.54, 1.807) is 54.6 Å². The van der Waals surface area contributed by atoms with Crippen LogP contribution in [0.25, 0.3) is 0 Å². The quantitative estimate of drug-likeness (QED) is 0.246. The van der Waals surface area contributed by atoms with Gasteiger partial charge in [-0.1, -0.05) is 72.6 Å². The Labute approximate surface area is 266 Å². The van der Waals surface area contributed by atoms with E-state index in [2.05, 4.69) is 4.72 Å². The Kier molecular flexibility index (Phi) is 9.13. The molecule has 1 saturated carbocycles. The van der Waals surface area contributed by atoms with Crippen molar-refractivity contribution in [1.82, 2.24) is 9.62 Å². The molecular weight excluding hydrogens is 630 g/mol. The van der Waals surface area contributed by atoms with Crippen LogP contribution in [0.4, 0.5) is 4.39 Å². The van der Waals surface area contributed by atoms with E-state index < -0.39 is 62.7 Å². The summed E-state index contributed by atoms with van der Waals surface area (Å²) in [7, 11) is -4.08. The monoisotopic (exact) mass is 662 g/mol. The van der Waals surface area contributed by atoms with Gasteiger partial charge >= 0.3 is 5.97 Å². The van der Waals surface area contributed by atoms with Gasteiger partial charge in [-0.05, 0) is 67.6 Å². The standard InChI is InChI=1S/C32H33Cl2FN2O6S/c1-3-24(19-36-44(41,42)32(15-16-32)25-9-4-5-10-26(25)35)37-28(20-11-13-22(33)14-12-20)29(21-7-6-8-23(34)17-21)43-31(2,30(37)40)18-27(38)39/h4-14,17,24,28-29,36H,3,15-16,18-19H2,1-2H3,(H,38,39)/t24-,28+,29+,31-/m0/s1. The number of rotatable bonds is 11. The maximum absolute atomic E-state index is 14.7. The van der Waals surface area contributed by atoms with Crippen LogP contribution in [0, 0.1) is 5.82 Å². The van der Waals surface area contributed by atoms with E-state index in [4.69, 9.17) is 27.9 Å². The number of hydrogen-bond donors (Lipinski definition) is 2. The lowest BCUT2D eigenvalue weighted by Crippen LogP contribution is -2.62. The molecule has 1 aliphatic heterocycles. The van der Waals surface area contributed by atoms with E-state index in [0.717, 1.165) is 0 Å². The second-order valence-corrected chi connectivity index (χ2v) is 14.4. The molecular formula is C32H33Cl2FN2O6S. The first-order valence-electron chi connectivity index (χ1n) is 14.3. The summed E-state index contributed by atoms with van der Waals surface area (Å²) < 4.78 is 49.9. The Hall–Kier alpha value is -3.02. The van der Waals surface area contributed by atoms with Crippen molar-refractivity contribution in [2.24, 2.45) is 0 Å². The molecule has 0 bridgehead atoms. The molecule has 0 aromatic heterocycles. The smallest absolute Gasteiger partial charge is 0.306 e. The maximum atomic E-state index is 14.7. The Morgan fingerprint density at radius 1 is 1.07 bits per heavy atom. The van der Waals surface area contributed by atoms with Crippen LogP contribution >= 0.6 is 23.2 Å². The van der Waals surface area contributed by atoms with Crippen molar-refractivity contribution in [1.29, 1.82) is 0 Å². The fraction of sp³-hybridized carbons (Fsp3) is 0.375. The summed E-state index contributed by atoms with van der Waals surface area (Å²) in [4.78, 5) is 27.8. The molecule has 2 N–H and O–H groups in total. The van der Waals surface area contributed by atoms with E-state index in [-0.39, 0.29) is 24.9 Å². The molecule has 8 nitrogen and oxygen atoms in total. The minimum Gasteiger partial charge on any atom is -0.481 e. The van der Waals surface area contributed by atoms with E-state index in [9.17, 15) is 27.5 Å². The van der Waals surface area contributed by atoms with Crippen LogP contribution in [0.1, 0.15) is 68.4 Å². The average Bonchev–Trinajstić information content (AvgIpc) is 3.78. The van der Waals surface area contributed by atoms with Gasteiger partial charge in [0.15, 0.2) is 5.60 Å². The van der Waals surface area contributed by atoms with Gasteiger partial charge < -0.3 is 14.7 Å². The zero-order valence-corrected chi connectivity index (χ0v) is 26.5. The van der Waals surface area contributed by atoms with Crippen LogP contribution < -0.4 is 4.72 Å². The summed E-state index contributed by atoms with van der Waals surface area (Å²) in [6, 6.07) is 18.1. The number of sulfonamides is 1. The number of amides is 1. The van der Waals surface area contributed by atoms with Gasteiger partial charge in [0.25, 0.3) is 5.91 Å². The predicted octanol–water partition coefficient (Wildman–Crippen LogP) is 6.39. The Morgan fingerprint density at radius 2 is 1.75 bits per heavy atom. The molecule has 44 heavy (non-hydrogen) atoms. The molecule has 4 atom stereocenters. The number of hydrogen-bond acceptors (Lipinski definition) is 5. The van der Waals surface area contributed by atoms with Gasteiger partial charge in [0, 0.05) is 28.2 Å². The molecule has 0 unspecified atom stereocenters. The first kappa shape index (κ1) is 32.4. The second kappa shape index (κ2) is 12.4. The van der Waals surface area contributed by atoms with E-state index >= 15 is 0 Å². The molecule has 0 spiro atoms. The van der Waals surface area contributed by atoms with Crippen molar-refractivity contribution < 1.29 is 32.2 Å². The third-order valence-electron chi connectivity index (χ3n) is 8.49. The van der Waals surface area contributed by atoms with Crippen molar-refractivity contribution in [3.8, 4) is 0 Å². The summed E-state index contributed by atoms with van der Waals surface area (Å²) in [5, 5.41) is 10.7. The van der Waals surface area contributed by atoms with Gasteiger partial charge in [0.05, 0.1) is 12.5 Å². The summed E-state index contributed by atoms with van der Waals surface area (Å²) in [5.41, 5.74) is -0.411. The van der Waals surface area contributed by atoms with Gasteiger partial charge in [0.1, 0.15) is 16.7 Å². The molecule has 5 rings (SSSR count). The van der Waals surface area contributed by atoms with Crippen LogP contribution in [0.15, 0.2) is 72.8 Å². The lowest BCUT2D eigenvalue weighted by molar-refractivity contribution is -0.206. The van der Waals surface area contributed by atoms with Crippen LogP contribution in [-0.2, 0) is 29.1 Å². The second-order valence-electron chi connectivity index (χ2n) is 11.5. The SMILES string of the molecule is CC[C@@H](CNS(=O)(=O)C1(c2ccccc2F)CC1)N1C(=O)[C@](C)(CC(=O)O)O[C@H](c2cccc(Cl)c2)[C@H]1c1ccc(Cl)cc1. The normalized spacial score (nSPS) is 23.8. The van der Waals surface area contributed by atoms with E-state index in [1.807, 2.05) is 6.92 Å². The number of halogens is 3. The average molecular weight is 664 g/mol. The summed E-state index contributed by atoms with van der Waals surface area (Å²) in [5.74, 6) is -2.42. The highest BCUT2D eigenvalue weighted by molar-refractivity contribution is 7.90. The predicted molar refractivity (Wildman–Crippen MR) is 165 cm³/mol. The van der Waals surface area contributed by atoms with Crippen LogP contribution in [0.3, 0.4) is 0 Å². The molecule has 1 amide bonds. The third-order valence-corrected chi connectivity index (χ3v) is 11.2. The van der Waals surface area contributed by atoms with Gasteiger partial charge in [-0.15, -0.1) is 0 Å². The van der Waals surface area contributed by atoms with Crippen molar-refractivity contribution in [2.45, 2.75) is 68.1 Å². The Morgan fingerprint density at radius 3 is 2.34 bits per heavy atom. The van der Waals surface area contributed by atoms with E-state index in [1.165, 1.54) is 30.0 Å². The zero-order valence-electron chi connectivity index (χ0n) is 24.2. The lowest BCUT2D eigenvalue weighted by Gasteiger charge is -2.51. The number of carboxylic acids is 1. The molecule has 2 fully saturated rings. The number of aliphatic carboxylic acids is 1. The number of nitrogens with one attached hydrogen (secondary N) is 1. The van der Waals surface area contributed by atoms with E-state index in [0.29, 0.717) is 27.6 Å². The first-order chi connectivity index (χ1) is 20.8. The highest BCUT2D eigenvalue weighted by Gasteiger charge is 2.58. The number of nitrogens with zero attached hydrogens (tertiary/aromatic N) is 1. The number of benzene rings is 3. The zero-order chi connectivity index (χ0) is 31.9. The number of ether oxygens (including phenoxy) is 1. The molecule has 3 aromatic carbocycles. The number of morpholine rings is 1. The maximum Gasteiger partial charge on any atom is 0.306 e. The third kappa shape index (κ3) is 6.10. The van der Waals surface area contributed by atoms with Crippen LogP contribution in [-0.4, -0.2) is 48.5 Å². The molecule has 1 heterocycles. The number of carbonyl (C=O) groups is 2. The van der Waals surface area contributed by atoms with Gasteiger partial charge in [-0.2, -0.15) is 0 Å². The lowest BCUT2D eigenvalue weighted by atomic mass is 9.85. The van der Waals surface area contributed by atoms with Gasteiger partial charge in [-0.3, -0.25) is 9.59 Å². The molecule has 1 saturated heterocycles. The van der Waals surface area contributed by atoms with Gasteiger partial charge in [-0.25, -0.2) is 17.5 Å². The highest BCUT2D eigenvalue weighted by Crippen LogP contribution is 2.53. The summed E-state index contributed by atoms with van der Waals surface area (Å²) >= 11 is 12.5. The van der Waals surface area contributed by atoms with Gasteiger partial charge in [0.2, 0.25) is 10.0 Å². The van der Waals surface area contributed by atoms with Crippen LogP contribution in [0.2, 0.25) is 10.0 Å². The minimum absolute atomic E-state index is 0.108. The molecule has 3 aromatic rings. The molecule has 0 radical (unpaired) electrons. The Bertz CT molecular complexity index is 1670. The topological polar surface area (TPSA) is 113 Å².